The Bertz CT molecular complexity index is 3400. The highest BCUT2D eigenvalue weighted by molar-refractivity contribution is 6.10. The fraction of sp³-hybridized carbons (Fsp3) is 0.0847. The SMILES string of the molecule is C/C=C\C=C/C(=CCOc1ccccc1-c1cc(C)cc(-n2c3ccccc3c3ccccc32)c1O)COc1ccccc1-c1cc(C)cc(-n2c3ccccc3c3ccccc32)c1O. The second-order valence-corrected chi connectivity index (χ2v) is 16.4. The van der Waals surface area contributed by atoms with Crippen molar-refractivity contribution >= 4 is 43.6 Å². The molecule has 0 atom stereocenters. The number of aromatic nitrogens is 2. The number of aryl methyl sites for hydroxylation is 2. The van der Waals surface area contributed by atoms with Crippen LogP contribution in [0.1, 0.15) is 18.1 Å². The first-order valence-corrected chi connectivity index (χ1v) is 22.0. The lowest BCUT2D eigenvalue weighted by atomic mass is 9.99. The van der Waals surface area contributed by atoms with Crippen molar-refractivity contribution in [3.8, 4) is 56.6 Å². The molecule has 0 saturated carbocycles. The van der Waals surface area contributed by atoms with E-state index in [0.29, 0.717) is 34.0 Å². The monoisotopic (exact) mass is 848 g/mol. The zero-order valence-electron chi connectivity index (χ0n) is 36.6. The average Bonchev–Trinajstić information content (AvgIpc) is 3.85. The molecule has 2 N–H and O–H groups in total. The molecular weight excluding hydrogens is 801 g/mol. The van der Waals surface area contributed by atoms with E-state index in [4.69, 9.17) is 9.47 Å². The Kier molecular flexibility index (Phi) is 11.0. The first-order valence-electron chi connectivity index (χ1n) is 22.0. The number of fused-ring (bicyclic) bond motifs is 6. The predicted octanol–water partition coefficient (Wildman–Crippen LogP) is 14.8. The van der Waals surface area contributed by atoms with Crippen LogP contribution in [0.5, 0.6) is 23.0 Å². The molecule has 6 nitrogen and oxygen atoms in total. The van der Waals surface area contributed by atoms with Crippen LogP contribution < -0.4 is 9.47 Å². The zero-order chi connectivity index (χ0) is 44.4. The summed E-state index contributed by atoms with van der Waals surface area (Å²) in [6.45, 7) is 6.60. The van der Waals surface area contributed by atoms with Crippen molar-refractivity contribution < 1.29 is 19.7 Å². The zero-order valence-corrected chi connectivity index (χ0v) is 36.6. The van der Waals surface area contributed by atoms with Crippen LogP contribution in [0.25, 0.3) is 77.2 Å². The van der Waals surface area contributed by atoms with Gasteiger partial charge >= 0.3 is 0 Å². The quantitative estimate of drug-likeness (QED) is 0.120. The van der Waals surface area contributed by atoms with Crippen LogP contribution in [0.4, 0.5) is 0 Å². The first-order chi connectivity index (χ1) is 31.9. The van der Waals surface area contributed by atoms with E-state index in [-0.39, 0.29) is 24.7 Å². The lowest BCUT2D eigenvalue weighted by Gasteiger charge is -2.18. The van der Waals surface area contributed by atoms with E-state index >= 15 is 0 Å². The number of benzene rings is 8. The van der Waals surface area contributed by atoms with Crippen LogP contribution >= 0.6 is 0 Å². The van der Waals surface area contributed by atoms with Crippen LogP contribution in [0.2, 0.25) is 0 Å². The van der Waals surface area contributed by atoms with Crippen molar-refractivity contribution in [3.63, 3.8) is 0 Å². The van der Waals surface area contributed by atoms with Crippen LogP contribution in [0.3, 0.4) is 0 Å². The molecule has 65 heavy (non-hydrogen) atoms. The third-order valence-corrected chi connectivity index (χ3v) is 12.1. The van der Waals surface area contributed by atoms with Crippen LogP contribution in [-0.2, 0) is 0 Å². The smallest absolute Gasteiger partial charge is 0.147 e. The van der Waals surface area contributed by atoms with Gasteiger partial charge in [-0.05, 0) is 104 Å². The summed E-state index contributed by atoms with van der Waals surface area (Å²) in [7, 11) is 0. The number of para-hydroxylation sites is 6. The Labute approximate surface area is 378 Å². The molecule has 0 fully saturated rings. The highest BCUT2D eigenvalue weighted by atomic mass is 16.5. The van der Waals surface area contributed by atoms with Gasteiger partial charge in [-0.1, -0.05) is 133 Å². The third-order valence-electron chi connectivity index (χ3n) is 12.1. The minimum atomic E-state index is 0.177. The minimum absolute atomic E-state index is 0.177. The molecule has 0 saturated heterocycles. The number of hydrogen-bond acceptors (Lipinski definition) is 4. The molecule has 0 aliphatic carbocycles. The molecule has 0 amide bonds. The summed E-state index contributed by atoms with van der Waals surface area (Å²) in [6, 6.07) is 57.1. The normalized spacial score (nSPS) is 12.1. The van der Waals surface area contributed by atoms with Crippen molar-refractivity contribution in [3.05, 3.63) is 217 Å². The largest absolute Gasteiger partial charge is 0.505 e. The molecule has 318 valence electrons. The van der Waals surface area contributed by atoms with Gasteiger partial charge in [-0.15, -0.1) is 0 Å². The molecule has 2 aromatic heterocycles. The molecule has 0 unspecified atom stereocenters. The van der Waals surface area contributed by atoms with E-state index in [2.05, 4.69) is 95.8 Å². The predicted molar refractivity (Wildman–Crippen MR) is 268 cm³/mol. The fourth-order valence-electron chi connectivity index (χ4n) is 9.13. The molecule has 0 radical (unpaired) electrons. The van der Waals surface area contributed by atoms with Crippen molar-refractivity contribution in [1.82, 2.24) is 9.13 Å². The molecular formula is C59H48N2O4. The summed E-state index contributed by atoms with van der Waals surface area (Å²) in [5.41, 5.74) is 11.4. The summed E-state index contributed by atoms with van der Waals surface area (Å²) in [5.74, 6) is 1.65. The van der Waals surface area contributed by atoms with Gasteiger partial charge in [-0.25, -0.2) is 0 Å². The highest BCUT2D eigenvalue weighted by Crippen LogP contribution is 2.45. The molecule has 8 aromatic carbocycles. The van der Waals surface area contributed by atoms with E-state index in [1.165, 1.54) is 0 Å². The second kappa shape index (κ2) is 17.5. The molecule has 0 bridgehead atoms. The standard InChI is InChI=1S/C59H48N2O4/c1-4-5-6-19-41(38-65-57-31-18-12-25-47(57)49-35-40(3)37-55(59(49)63)61-52-28-15-9-22-44(52)45-23-10-16-29-53(45)61)32-33-64-56-30-17-11-24-46(56)48-34-39(2)36-54(58(48)62)60-50-26-13-7-20-42(50)43-21-8-14-27-51(43)60/h4-32,34-37,62-63H,33,38H2,1-3H3/b5-4-,19-6-,41-32?. The van der Waals surface area contributed by atoms with Gasteiger partial charge in [0.15, 0.2) is 0 Å². The first kappa shape index (κ1) is 40.8. The van der Waals surface area contributed by atoms with E-state index in [1.807, 2.05) is 134 Å². The van der Waals surface area contributed by atoms with Gasteiger partial charge < -0.3 is 28.8 Å². The van der Waals surface area contributed by atoms with Gasteiger partial charge in [-0.2, -0.15) is 0 Å². The lowest BCUT2D eigenvalue weighted by molar-refractivity contribution is 0.345. The van der Waals surface area contributed by atoms with E-state index in [9.17, 15) is 10.2 Å². The maximum Gasteiger partial charge on any atom is 0.147 e. The molecule has 10 rings (SSSR count). The van der Waals surface area contributed by atoms with Crippen molar-refractivity contribution in [2.75, 3.05) is 13.2 Å². The molecule has 6 heteroatoms. The molecule has 0 spiro atoms. The number of rotatable bonds is 12. The summed E-state index contributed by atoms with van der Waals surface area (Å²) < 4.78 is 17.5. The third kappa shape index (κ3) is 7.59. The number of aromatic hydroxyl groups is 2. The second-order valence-electron chi connectivity index (χ2n) is 16.4. The average molecular weight is 849 g/mol. The highest BCUT2D eigenvalue weighted by Gasteiger charge is 2.21. The molecule has 0 aliphatic rings. The Hall–Kier alpha value is -8.22. The lowest BCUT2D eigenvalue weighted by Crippen LogP contribution is -2.04. The number of allylic oxidation sites excluding steroid dienone is 3. The van der Waals surface area contributed by atoms with Crippen molar-refractivity contribution in [1.29, 1.82) is 0 Å². The van der Waals surface area contributed by atoms with Gasteiger partial charge in [0.25, 0.3) is 0 Å². The number of hydrogen-bond donors (Lipinski definition) is 2. The molecule has 0 aliphatic heterocycles. The van der Waals surface area contributed by atoms with Gasteiger partial charge in [0.2, 0.25) is 0 Å². The number of ether oxygens (including phenoxy) is 2. The Morgan fingerprint density at radius 2 is 0.877 bits per heavy atom. The minimum Gasteiger partial charge on any atom is -0.505 e. The summed E-state index contributed by atoms with van der Waals surface area (Å²) >= 11 is 0. The van der Waals surface area contributed by atoms with E-state index in [1.54, 1.807) is 0 Å². The van der Waals surface area contributed by atoms with E-state index in [0.717, 1.165) is 71.4 Å². The summed E-state index contributed by atoms with van der Waals surface area (Å²) in [6.07, 6.45) is 9.99. The fourth-order valence-corrected chi connectivity index (χ4v) is 9.13. The van der Waals surface area contributed by atoms with Crippen molar-refractivity contribution in [2.45, 2.75) is 20.8 Å². The van der Waals surface area contributed by atoms with Crippen molar-refractivity contribution in [2.24, 2.45) is 0 Å². The Morgan fingerprint density at radius 1 is 0.477 bits per heavy atom. The maximum absolute atomic E-state index is 12.2. The molecule has 10 aromatic rings. The van der Waals surface area contributed by atoms with Gasteiger partial charge in [0.05, 0.1) is 33.4 Å². The molecule has 2 heterocycles. The van der Waals surface area contributed by atoms with Crippen LogP contribution in [0, 0.1) is 13.8 Å². The van der Waals surface area contributed by atoms with Gasteiger partial charge in [-0.3, -0.25) is 0 Å². The van der Waals surface area contributed by atoms with Gasteiger partial charge in [0.1, 0.15) is 36.2 Å². The van der Waals surface area contributed by atoms with E-state index < -0.39 is 0 Å². The number of phenols is 2. The Morgan fingerprint density at radius 3 is 1.32 bits per heavy atom. The Balaban J connectivity index is 0.950. The van der Waals surface area contributed by atoms with Crippen LogP contribution in [0.15, 0.2) is 206 Å². The summed E-state index contributed by atoms with van der Waals surface area (Å²) in [4.78, 5) is 0. The van der Waals surface area contributed by atoms with Crippen LogP contribution in [-0.4, -0.2) is 32.6 Å². The summed E-state index contributed by atoms with van der Waals surface area (Å²) in [5, 5.41) is 28.8. The number of nitrogens with zero attached hydrogens (tertiary/aromatic N) is 2. The number of phenolic OH excluding ortho intramolecular Hbond substituents is 2. The maximum atomic E-state index is 12.2. The topological polar surface area (TPSA) is 68.8 Å². The van der Waals surface area contributed by atoms with Gasteiger partial charge in [0, 0.05) is 43.8 Å².